The number of morpholine rings is 1. The fourth-order valence-electron chi connectivity index (χ4n) is 4.65. The fraction of sp³-hybridized carbons (Fsp3) is 0.333. The van der Waals surface area contributed by atoms with Gasteiger partial charge < -0.3 is 15.4 Å². The molecule has 5 rings (SSSR count). The molecule has 2 aromatic heterocycles. The number of nitrogens with zero attached hydrogens (tertiary/aromatic N) is 5. The molecular formula is C30H35N7O2. The summed E-state index contributed by atoms with van der Waals surface area (Å²) in [5.74, 6) is 0.350. The second-order valence-electron chi connectivity index (χ2n) is 9.70. The third kappa shape index (κ3) is 6.50. The van der Waals surface area contributed by atoms with Crippen molar-refractivity contribution in [1.82, 2.24) is 24.6 Å². The Labute approximate surface area is 229 Å². The molecule has 1 fully saturated rings. The van der Waals surface area contributed by atoms with Gasteiger partial charge in [-0.15, -0.1) is 0 Å². The van der Waals surface area contributed by atoms with Crippen LogP contribution in [0.4, 0.5) is 17.3 Å². The Morgan fingerprint density at radius 3 is 2.56 bits per heavy atom. The summed E-state index contributed by atoms with van der Waals surface area (Å²) in [5, 5.41) is 10.7. The first kappa shape index (κ1) is 26.5. The number of hydrogen-bond donors (Lipinski definition) is 2. The molecule has 1 aliphatic rings. The zero-order valence-electron chi connectivity index (χ0n) is 22.8. The number of anilines is 3. The van der Waals surface area contributed by atoms with Gasteiger partial charge in [-0.1, -0.05) is 19.1 Å². The molecule has 9 heteroatoms. The highest BCUT2D eigenvalue weighted by molar-refractivity contribution is 6.04. The van der Waals surface area contributed by atoms with Gasteiger partial charge in [0.1, 0.15) is 0 Å². The minimum Gasteiger partial charge on any atom is -0.379 e. The molecule has 1 amide bonds. The van der Waals surface area contributed by atoms with Gasteiger partial charge in [-0.2, -0.15) is 5.10 Å². The van der Waals surface area contributed by atoms with Crippen molar-refractivity contribution in [2.75, 3.05) is 36.9 Å². The Hall–Kier alpha value is -4.08. The summed E-state index contributed by atoms with van der Waals surface area (Å²) in [4.78, 5) is 24.6. The highest BCUT2D eigenvalue weighted by Crippen LogP contribution is 2.24. The zero-order valence-corrected chi connectivity index (χ0v) is 22.8. The van der Waals surface area contributed by atoms with Crippen LogP contribution in [0.1, 0.15) is 40.9 Å². The molecule has 0 saturated carbocycles. The second kappa shape index (κ2) is 12.2. The Morgan fingerprint density at radius 1 is 1.05 bits per heavy atom. The largest absolute Gasteiger partial charge is 0.379 e. The maximum atomic E-state index is 13.1. The number of aryl methyl sites for hydroxylation is 3. The van der Waals surface area contributed by atoms with E-state index in [1.165, 1.54) is 5.56 Å². The lowest BCUT2D eigenvalue weighted by Crippen LogP contribution is -2.35. The van der Waals surface area contributed by atoms with Crippen LogP contribution in [0.15, 0.2) is 61.1 Å². The minimum absolute atomic E-state index is 0.137. The van der Waals surface area contributed by atoms with E-state index in [1.807, 2.05) is 43.1 Å². The van der Waals surface area contributed by atoms with E-state index in [9.17, 15) is 4.79 Å². The predicted octanol–water partition coefficient (Wildman–Crippen LogP) is 5.06. The van der Waals surface area contributed by atoms with Crippen molar-refractivity contribution in [2.24, 2.45) is 0 Å². The van der Waals surface area contributed by atoms with Gasteiger partial charge >= 0.3 is 0 Å². The maximum absolute atomic E-state index is 13.1. The summed E-state index contributed by atoms with van der Waals surface area (Å²) in [6, 6.07) is 13.7. The second-order valence-corrected chi connectivity index (χ2v) is 9.70. The Kier molecular flexibility index (Phi) is 8.29. The SMILES string of the molecule is CCc1ccc(CN2CCOCC2)cc1NC(=O)c1ccc(Nc2ncc(C)c(-c3cnn(CC)c3)n2)cc1. The highest BCUT2D eigenvalue weighted by Gasteiger charge is 2.14. The van der Waals surface area contributed by atoms with Gasteiger partial charge in [0.25, 0.3) is 5.91 Å². The lowest BCUT2D eigenvalue weighted by atomic mass is 10.1. The maximum Gasteiger partial charge on any atom is 0.255 e. The van der Waals surface area contributed by atoms with Crippen molar-refractivity contribution in [1.29, 1.82) is 0 Å². The third-order valence-electron chi connectivity index (χ3n) is 6.92. The predicted molar refractivity (Wildman–Crippen MR) is 153 cm³/mol. The Bertz CT molecular complexity index is 1430. The van der Waals surface area contributed by atoms with Crippen LogP contribution in [0.3, 0.4) is 0 Å². The van der Waals surface area contributed by atoms with E-state index in [1.54, 1.807) is 18.3 Å². The van der Waals surface area contributed by atoms with E-state index >= 15 is 0 Å². The van der Waals surface area contributed by atoms with Crippen LogP contribution in [0.2, 0.25) is 0 Å². The first-order valence-corrected chi connectivity index (χ1v) is 13.5. The van der Waals surface area contributed by atoms with Crippen LogP contribution in [0, 0.1) is 6.92 Å². The summed E-state index contributed by atoms with van der Waals surface area (Å²) in [7, 11) is 0. The first-order chi connectivity index (χ1) is 19.0. The molecule has 0 bridgehead atoms. The molecule has 9 nitrogen and oxygen atoms in total. The summed E-state index contributed by atoms with van der Waals surface area (Å²) < 4.78 is 7.33. The lowest BCUT2D eigenvalue weighted by molar-refractivity contribution is 0.0342. The average molecular weight is 526 g/mol. The third-order valence-corrected chi connectivity index (χ3v) is 6.92. The van der Waals surface area contributed by atoms with E-state index < -0.39 is 0 Å². The van der Waals surface area contributed by atoms with Gasteiger partial charge in [0.2, 0.25) is 5.95 Å². The van der Waals surface area contributed by atoms with Crippen LogP contribution in [-0.4, -0.2) is 56.9 Å². The van der Waals surface area contributed by atoms with Crippen molar-refractivity contribution in [2.45, 2.75) is 40.3 Å². The molecule has 0 unspecified atom stereocenters. The molecule has 4 aromatic rings. The normalized spacial score (nSPS) is 13.8. The highest BCUT2D eigenvalue weighted by atomic mass is 16.5. The molecule has 3 heterocycles. The Balaban J connectivity index is 1.26. The molecule has 1 aliphatic heterocycles. The molecule has 1 saturated heterocycles. The van der Waals surface area contributed by atoms with Crippen molar-refractivity contribution in [3.8, 4) is 11.3 Å². The van der Waals surface area contributed by atoms with Crippen LogP contribution < -0.4 is 10.6 Å². The fourth-order valence-corrected chi connectivity index (χ4v) is 4.65. The quantitative estimate of drug-likeness (QED) is 0.315. The summed E-state index contributed by atoms with van der Waals surface area (Å²) >= 11 is 0. The average Bonchev–Trinajstić information content (AvgIpc) is 3.44. The number of ether oxygens (including phenoxy) is 1. The zero-order chi connectivity index (χ0) is 27.2. The summed E-state index contributed by atoms with van der Waals surface area (Å²) in [6.45, 7) is 11.2. The van der Waals surface area contributed by atoms with E-state index in [2.05, 4.69) is 50.7 Å². The number of hydrogen-bond acceptors (Lipinski definition) is 7. The van der Waals surface area contributed by atoms with Gasteiger partial charge in [0.15, 0.2) is 0 Å². The standard InChI is InChI=1S/C30H35N7O2/c1-4-23-7-6-22(19-36-12-14-39-15-13-36)16-27(23)34-29(38)24-8-10-26(11-9-24)33-30-31-17-21(3)28(35-30)25-18-32-37(5-2)20-25/h6-11,16-18,20H,4-5,12-15,19H2,1-3H3,(H,34,38)(H,31,33,35). The van der Waals surface area contributed by atoms with Gasteiger partial charge in [-0.25, -0.2) is 9.97 Å². The molecular weight excluding hydrogens is 490 g/mol. The topological polar surface area (TPSA) is 97.2 Å². The number of benzene rings is 2. The van der Waals surface area contributed by atoms with Gasteiger partial charge in [0.05, 0.1) is 25.1 Å². The smallest absolute Gasteiger partial charge is 0.255 e. The summed E-state index contributed by atoms with van der Waals surface area (Å²) in [5.41, 5.74) is 7.31. The molecule has 0 atom stereocenters. The Morgan fingerprint density at radius 2 is 1.85 bits per heavy atom. The van der Waals surface area contributed by atoms with Crippen molar-refractivity contribution in [3.63, 3.8) is 0 Å². The van der Waals surface area contributed by atoms with Crippen LogP contribution in [0.25, 0.3) is 11.3 Å². The molecule has 202 valence electrons. The van der Waals surface area contributed by atoms with E-state index in [4.69, 9.17) is 9.72 Å². The van der Waals surface area contributed by atoms with E-state index in [0.717, 1.165) is 79.6 Å². The number of carbonyl (C=O) groups excluding carboxylic acids is 1. The molecule has 0 aliphatic carbocycles. The molecule has 2 N–H and O–H groups in total. The molecule has 2 aromatic carbocycles. The molecule has 0 radical (unpaired) electrons. The molecule has 0 spiro atoms. The van der Waals surface area contributed by atoms with Gasteiger partial charge in [-0.05, 0) is 67.3 Å². The van der Waals surface area contributed by atoms with Crippen LogP contribution in [0.5, 0.6) is 0 Å². The first-order valence-electron chi connectivity index (χ1n) is 13.5. The van der Waals surface area contributed by atoms with Gasteiger partial charge in [0, 0.05) is 61.1 Å². The van der Waals surface area contributed by atoms with Gasteiger partial charge in [-0.3, -0.25) is 14.4 Å². The lowest BCUT2D eigenvalue weighted by Gasteiger charge is -2.27. The monoisotopic (exact) mass is 525 g/mol. The van der Waals surface area contributed by atoms with Crippen molar-refractivity contribution in [3.05, 3.63) is 83.3 Å². The minimum atomic E-state index is -0.137. The van der Waals surface area contributed by atoms with E-state index in [-0.39, 0.29) is 5.91 Å². The van der Waals surface area contributed by atoms with Crippen LogP contribution in [-0.2, 0) is 24.2 Å². The number of aromatic nitrogens is 4. The number of nitrogens with one attached hydrogen (secondary N) is 2. The number of rotatable bonds is 9. The van der Waals surface area contributed by atoms with Crippen molar-refractivity contribution < 1.29 is 9.53 Å². The summed E-state index contributed by atoms with van der Waals surface area (Å²) in [6.07, 6.45) is 6.44. The van der Waals surface area contributed by atoms with Crippen molar-refractivity contribution >= 4 is 23.2 Å². The number of carbonyl (C=O) groups is 1. The van der Waals surface area contributed by atoms with E-state index in [0.29, 0.717) is 11.5 Å². The number of amides is 1. The van der Waals surface area contributed by atoms with Crippen LogP contribution >= 0.6 is 0 Å². The molecule has 39 heavy (non-hydrogen) atoms.